The molecule has 0 bridgehead atoms. The fourth-order valence-corrected chi connectivity index (χ4v) is 3.83. The lowest BCUT2D eigenvalue weighted by Gasteiger charge is -2.23. The fourth-order valence-electron chi connectivity index (χ4n) is 2.74. The minimum absolute atomic E-state index is 0.251. The predicted molar refractivity (Wildman–Crippen MR) is 102 cm³/mol. The molecule has 0 fully saturated rings. The van der Waals surface area contributed by atoms with Gasteiger partial charge in [-0.05, 0) is 51.1 Å². The number of rotatable bonds is 5. The summed E-state index contributed by atoms with van der Waals surface area (Å²) in [6, 6.07) is 11.6. The Morgan fingerprint density at radius 1 is 1.35 bits per heavy atom. The first-order valence-corrected chi connectivity index (χ1v) is 9.10. The number of hydrogen-bond acceptors (Lipinski definition) is 5. The van der Waals surface area contributed by atoms with Crippen LogP contribution in [0, 0.1) is 11.3 Å². The van der Waals surface area contributed by atoms with E-state index in [2.05, 4.69) is 11.1 Å². The van der Waals surface area contributed by atoms with Crippen molar-refractivity contribution in [1.29, 1.82) is 5.26 Å². The second kappa shape index (κ2) is 7.22. The number of aromatic nitrogens is 2. The van der Waals surface area contributed by atoms with Crippen molar-refractivity contribution in [2.24, 2.45) is 0 Å². The second-order valence-corrected chi connectivity index (χ2v) is 7.88. The van der Waals surface area contributed by atoms with Gasteiger partial charge >= 0.3 is 5.97 Å². The molecule has 0 unspecified atom stereocenters. The monoisotopic (exact) mass is 365 g/mol. The highest BCUT2D eigenvalue weighted by molar-refractivity contribution is 8.01. The van der Waals surface area contributed by atoms with Gasteiger partial charge in [0.15, 0.2) is 0 Å². The van der Waals surface area contributed by atoms with Gasteiger partial charge in [0.2, 0.25) is 0 Å². The van der Waals surface area contributed by atoms with Crippen LogP contribution in [-0.4, -0.2) is 26.7 Å². The third kappa shape index (κ3) is 3.31. The van der Waals surface area contributed by atoms with Crippen molar-refractivity contribution in [3.63, 3.8) is 0 Å². The first-order chi connectivity index (χ1) is 12.5. The van der Waals surface area contributed by atoms with Crippen LogP contribution in [0.5, 0.6) is 0 Å². The summed E-state index contributed by atoms with van der Waals surface area (Å²) in [5.74, 6) is -0.251. The van der Waals surface area contributed by atoms with Crippen molar-refractivity contribution < 1.29 is 9.53 Å². The van der Waals surface area contributed by atoms with Crippen LogP contribution in [0.3, 0.4) is 0 Å². The highest BCUT2D eigenvalue weighted by atomic mass is 32.2. The number of pyridine rings is 2. The van der Waals surface area contributed by atoms with E-state index in [4.69, 9.17) is 4.74 Å². The van der Waals surface area contributed by atoms with E-state index in [1.807, 2.05) is 54.8 Å². The van der Waals surface area contributed by atoms with Gasteiger partial charge in [0.25, 0.3) is 0 Å². The molecule has 6 heteroatoms. The Hall–Kier alpha value is -2.78. The molecule has 0 aliphatic rings. The zero-order valence-electron chi connectivity index (χ0n) is 14.9. The Kier molecular flexibility index (Phi) is 5.01. The summed E-state index contributed by atoms with van der Waals surface area (Å²) in [5.41, 5.74) is 3.28. The van der Waals surface area contributed by atoms with E-state index in [1.54, 1.807) is 19.3 Å². The van der Waals surface area contributed by atoms with Gasteiger partial charge < -0.3 is 9.14 Å². The number of hydrogen-bond donors (Lipinski definition) is 0. The summed E-state index contributed by atoms with van der Waals surface area (Å²) in [6.07, 6.45) is 5.41. The van der Waals surface area contributed by atoms with E-state index in [-0.39, 0.29) is 5.97 Å². The number of esters is 1. The van der Waals surface area contributed by atoms with Crippen molar-refractivity contribution in [1.82, 2.24) is 9.38 Å². The minimum Gasteiger partial charge on any atom is -0.465 e. The van der Waals surface area contributed by atoms with Crippen LogP contribution in [0.2, 0.25) is 0 Å². The van der Waals surface area contributed by atoms with Gasteiger partial charge in [0.1, 0.15) is 10.8 Å². The van der Waals surface area contributed by atoms with Crippen molar-refractivity contribution in [3.8, 4) is 17.3 Å². The Bertz CT molecular complexity index is 1000. The number of fused-ring (bicyclic) bond motifs is 1. The molecule has 3 heterocycles. The summed E-state index contributed by atoms with van der Waals surface area (Å²) < 4.78 is 6.44. The van der Waals surface area contributed by atoms with Gasteiger partial charge in [-0.15, -0.1) is 11.8 Å². The molecule has 0 atom stereocenters. The Balaban J connectivity index is 2.08. The van der Waals surface area contributed by atoms with Crippen LogP contribution in [0.4, 0.5) is 0 Å². The van der Waals surface area contributed by atoms with Gasteiger partial charge in [0.05, 0.1) is 23.4 Å². The SMILES string of the molecule is CCOC(=O)C(C)(C)Sc1ccncc1-c1ccc(C#N)c2cccn12. The Morgan fingerprint density at radius 2 is 2.15 bits per heavy atom. The van der Waals surface area contributed by atoms with Crippen molar-refractivity contribution in [3.05, 3.63) is 54.5 Å². The molecule has 0 aliphatic carbocycles. The van der Waals surface area contributed by atoms with Gasteiger partial charge in [-0.3, -0.25) is 9.78 Å². The number of ether oxygens (including phenoxy) is 1. The first-order valence-electron chi connectivity index (χ1n) is 8.28. The van der Waals surface area contributed by atoms with Gasteiger partial charge in [-0.25, -0.2) is 0 Å². The number of nitriles is 1. The standard InChI is InChI=1S/C20H19N3O2S/c1-4-25-19(24)20(2,3)26-18-9-10-22-13-15(18)17-8-7-14(12-21)16-6-5-11-23(16)17/h5-11,13H,4H2,1-3H3. The topological polar surface area (TPSA) is 67.4 Å². The molecule has 0 saturated carbocycles. The number of carbonyl (C=O) groups is 1. The Labute approximate surface area is 156 Å². The summed E-state index contributed by atoms with van der Waals surface area (Å²) in [5, 5.41) is 9.30. The van der Waals surface area contributed by atoms with Crippen LogP contribution in [-0.2, 0) is 9.53 Å². The second-order valence-electron chi connectivity index (χ2n) is 6.21. The van der Waals surface area contributed by atoms with Gasteiger partial charge in [0, 0.05) is 29.0 Å². The molecule has 3 aromatic heterocycles. The molecule has 0 amide bonds. The average Bonchev–Trinajstić information content (AvgIpc) is 3.11. The lowest BCUT2D eigenvalue weighted by atomic mass is 10.1. The lowest BCUT2D eigenvalue weighted by molar-refractivity contribution is -0.145. The van der Waals surface area contributed by atoms with Gasteiger partial charge in [-0.1, -0.05) is 0 Å². The zero-order valence-corrected chi connectivity index (χ0v) is 15.7. The van der Waals surface area contributed by atoms with Crippen LogP contribution in [0.25, 0.3) is 16.8 Å². The molecule has 0 spiro atoms. The smallest absolute Gasteiger partial charge is 0.321 e. The molecule has 0 N–H and O–H groups in total. The minimum atomic E-state index is -0.728. The van der Waals surface area contributed by atoms with Crippen molar-refractivity contribution in [2.75, 3.05) is 6.61 Å². The summed E-state index contributed by atoms with van der Waals surface area (Å²) >= 11 is 1.44. The van der Waals surface area contributed by atoms with Crippen LogP contribution in [0.15, 0.2) is 53.8 Å². The first kappa shape index (κ1) is 18.0. The normalized spacial score (nSPS) is 11.3. The summed E-state index contributed by atoms with van der Waals surface area (Å²) in [6.45, 7) is 5.86. The average molecular weight is 365 g/mol. The molecular formula is C20H19N3O2S. The van der Waals surface area contributed by atoms with Gasteiger partial charge in [-0.2, -0.15) is 5.26 Å². The molecule has 5 nitrogen and oxygen atoms in total. The molecule has 26 heavy (non-hydrogen) atoms. The number of carbonyl (C=O) groups excluding carboxylic acids is 1. The summed E-state index contributed by atoms with van der Waals surface area (Å²) in [7, 11) is 0. The highest BCUT2D eigenvalue weighted by Crippen LogP contribution is 2.39. The molecule has 0 aliphatic heterocycles. The van der Waals surface area contributed by atoms with E-state index in [0.29, 0.717) is 12.2 Å². The number of thioether (sulfide) groups is 1. The third-order valence-electron chi connectivity index (χ3n) is 4.00. The highest BCUT2D eigenvalue weighted by Gasteiger charge is 2.31. The maximum Gasteiger partial charge on any atom is 0.321 e. The largest absolute Gasteiger partial charge is 0.465 e. The number of nitrogens with zero attached hydrogens (tertiary/aromatic N) is 3. The van der Waals surface area contributed by atoms with E-state index in [1.165, 1.54) is 11.8 Å². The fraction of sp³-hybridized carbons (Fsp3) is 0.250. The summed E-state index contributed by atoms with van der Waals surface area (Å²) in [4.78, 5) is 17.5. The predicted octanol–water partition coefficient (Wildman–Crippen LogP) is 4.31. The van der Waals surface area contributed by atoms with Crippen molar-refractivity contribution in [2.45, 2.75) is 30.4 Å². The van der Waals surface area contributed by atoms with E-state index in [9.17, 15) is 10.1 Å². The molecule has 132 valence electrons. The molecular weight excluding hydrogens is 346 g/mol. The zero-order chi connectivity index (χ0) is 18.7. The quantitative estimate of drug-likeness (QED) is 0.498. The van der Waals surface area contributed by atoms with Crippen molar-refractivity contribution >= 4 is 23.2 Å². The Morgan fingerprint density at radius 3 is 2.88 bits per heavy atom. The molecule has 0 radical (unpaired) electrons. The maximum atomic E-state index is 12.3. The van der Waals surface area contributed by atoms with E-state index >= 15 is 0 Å². The maximum absolute atomic E-state index is 12.3. The molecule has 0 saturated heterocycles. The molecule has 3 aromatic rings. The molecule has 3 rings (SSSR count). The van der Waals surface area contributed by atoms with E-state index in [0.717, 1.165) is 21.7 Å². The van der Waals surface area contributed by atoms with E-state index < -0.39 is 4.75 Å². The third-order valence-corrected chi connectivity index (χ3v) is 5.25. The van der Waals surface area contributed by atoms with Crippen LogP contribution in [0.1, 0.15) is 26.3 Å². The van der Waals surface area contributed by atoms with Crippen LogP contribution >= 0.6 is 11.8 Å². The molecule has 0 aromatic carbocycles. The van der Waals surface area contributed by atoms with Crippen LogP contribution < -0.4 is 0 Å². The lowest BCUT2D eigenvalue weighted by Crippen LogP contribution is -2.30.